The Morgan fingerprint density at radius 1 is 1.09 bits per heavy atom. The summed E-state index contributed by atoms with van der Waals surface area (Å²) in [7, 11) is 3.75. The molecular formula is C18H22N4O. The van der Waals surface area contributed by atoms with Gasteiger partial charge in [0, 0.05) is 26.5 Å². The predicted octanol–water partition coefficient (Wildman–Crippen LogP) is 2.74. The molecule has 1 saturated carbocycles. The topological polar surface area (TPSA) is 58.1 Å². The molecule has 5 nitrogen and oxygen atoms in total. The molecule has 0 atom stereocenters. The van der Waals surface area contributed by atoms with Crippen LogP contribution >= 0.6 is 0 Å². The number of rotatable bonds is 4. The molecule has 1 amide bonds. The van der Waals surface area contributed by atoms with E-state index in [1.54, 1.807) is 12.4 Å². The highest BCUT2D eigenvalue weighted by Crippen LogP contribution is 2.38. The fourth-order valence-corrected chi connectivity index (χ4v) is 3.18. The smallest absolute Gasteiger partial charge is 0.255 e. The fraction of sp³-hybridized carbons (Fsp3) is 0.389. The van der Waals surface area contributed by atoms with Crippen molar-refractivity contribution in [3.8, 4) is 0 Å². The van der Waals surface area contributed by atoms with Crippen molar-refractivity contribution in [2.24, 2.45) is 0 Å². The van der Waals surface area contributed by atoms with E-state index in [0.29, 0.717) is 11.5 Å². The molecule has 23 heavy (non-hydrogen) atoms. The highest BCUT2D eigenvalue weighted by Gasteiger charge is 2.37. The molecule has 0 bridgehead atoms. The summed E-state index contributed by atoms with van der Waals surface area (Å²) in [6.07, 6.45) is 7.38. The van der Waals surface area contributed by atoms with E-state index < -0.39 is 0 Å². The molecule has 3 rings (SSSR count). The molecule has 1 aromatic carbocycles. The van der Waals surface area contributed by atoms with Gasteiger partial charge in [0.15, 0.2) is 0 Å². The standard InChI is InChI=1S/C18H22N4O/c1-22(2)17-19-12-14(13-20-17)16(23)21-18(10-6-7-11-18)15-8-4-3-5-9-15/h3-5,8-9,12-13H,6-7,10-11H2,1-2H3,(H,21,23). The second-order valence-electron chi connectivity index (χ2n) is 6.28. The van der Waals surface area contributed by atoms with Crippen LogP contribution in [0.4, 0.5) is 5.95 Å². The zero-order chi connectivity index (χ0) is 16.3. The van der Waals surface area contributed by atoms with Gasteiger partial charge in [-0.15, -0.1) is 0 Å². The van der Waals surface area contributed by atoms with Crippen LogP contribution in [-0.4, -0.2) is 30.0 Å². The molecular weight excluding hydrogens is 288 g/mol. The Bertz CT molecular complexity index is 661. The maximum atomic E-state index is 12.7. The summed E-state index contributed by atoms with van der Waals surface area (Å²) in [4.78, 5) is 22.9. The number of carbonyl (C=O) groups is 1. The van der Waals surface area contributed by atoms with Gasteiger partial charge in [0.05, 0.1) is 11.1 Å². The van der Waals surface area contributed by atoms with E-state index in [-0.39, 0.29) is 11.4 Å². The Morgan fingerprint density at radius 2 is 1.70 bits per heavy atom. The summed E-state index contributed by atoms with van der Waals surface area (Å²) in [6, 6.07) is 10.2. The first-order valence-corrected chi connectivity index (χ1v) is 7.98. The van der Waals surface area contributed by atoms with Gasteiger partial charge in [-0.1, -0.05) is 43.2 Å². The zero-order valence-corrected chi connectivity index (χ0v) is 13.6. The quantitative estimate of drug-likeness (QED) is 0.943. The van der Waals surface area contributed by atoms with Crippen molar-refractivity contribution in [2.45, 2.75) is 31.2 Å². The molecule has 0 unspecified atom stereocenters. The predicted molar refractivity (Wildman–Crippen MR) is 90.4 cm³/mol. The Kier molecular flexibility index (Phi) is 4.28. The lowest BCUT2D eigenvalue weighted by Crippen LogP contribution is -2.43. The molecule has 5 heteroatoms. The van der Waals surface area contributed by atoms with E-state index in [2.05, 4.69) is 27.4 Å². The fourth-order valence-electron chi connectivity index (χ4n) is 3.18. The van der Waals surface area contributed by atoms with Gasteiger partial charge in [-0.2, -0.15) is 0 Å². The van der Waals surface area contributed by atoms with E-state index >= 15 is 0 Å². The maximum absolute atomic E-state index is 12.7. The molecule has 1 heterocycles. The molecule has 1 aliphatic rings. The molecule has 1 N–H and O–H groups in total. The lowest BCUT2D eigenvalue weighted by atomic mass is 9.88. The number of nitrogens with zero attached hydrogens (tertiary/aromatic N) is 3. The van der Waals surface area contributed by atoms with Crippen LogP contribution in [-0.2, 0) is 5.54 Å². The number of amides is 1. The van der Waals surface area contributed by atoms with Crippen molar-refractivity contribution >= 4 is 11.9 Å². The molecule has 2 aromatic rings. The normalized spacial score (nSPS) is 16.1. The molecule has 1 aliphatic carbocycles. The van der Waals surface area contributed by atoms with E-state index in [0.717, 1.165) is 25.7 Å². The Hall–Kier alpha value is -2.43. The average Bonchev–Trinajstić information content (AvgIpc) is 3.05. The van der Waals surface area contributed by atoms with E-state index in [4.69, 9.17) is 0 Å². The lowest BCUT2D eigenvalue weighted by Gasteiger charge is -2.31. The van der Waals surface area contributed by atoms with Crippen LogP contribution in [0, 0.1) is 0 Å². The molecule has 120 valence electrons. The largest absolute Gasteiger partial charge is 0.347 e. The Labute approximate surface area is 136 Å². The molecule has 1 fully saturated rings. The van der Waals surface area contributed by atoms with Crippen molar-refractivity contribution in [3.63, 3.8) is 0 Å². The zero-order valence-electron chi connectivity index (χ0n) is 13.6. The summed E-state index contributed by atoms with van der Waals surface area (Å²) >= 11 is 0. The maximum Gasteiger partial charge on any atom is 0.255 e. The van der Waals surface area contributed by atoms with E-state index in [1.807, 2.05) is 37.2 Å². The van der Waals surface area contributed by atoms with Crippen LogP contribution < -0.4 is 10.2 Å². The van der Waals surface area contributed by atoms with E-state index in [9.17, 15) is 4.79 Å². The van der Waals surface area contributed by atoms with Crippen LogP contribution in [0.15, 0.2) is 42.7 Å². The molecule has 1 aromatic heterocycles. The summed E-state index contributed by atoms with van der Waals surface area (Å²) in [5.74, 6) is 0.487. The van der Waals surface area contributed by atoms with E-state index in [1.165, 1.54) is 5.56 Å². The molecule has 0 spiro atoms. The van der Waals surface area contributed by atoms with Gasteiger partial charge >= 0.3 is 0 Å². The van der Waals surface area contributed by atoms with Crippen molar-refractivity contribution in [1.82, 2.24) is 15.3 Å². The summed E-state index contributed by atoms with van der Waals surface area (Å²) < 4.78 is 0. The van der Waals surface area contributed by atoms with Crippen LogP contribution in [0.2, 0.25) is 0 Å². The van der Waals surface area contributed by atoms with Crippen molar-refractivity contribution in [2.75, 3.05) is 19.0 Å². The van der Waals surface area contributed by atoms with Gasteiger partial charge < -0.3 is 10.2 Å². The van der Waals surface area contributed by atoms with Crippen LogP contribution in [0.3, 0.4) is 0 Å². The SMILES string of the molecule is CN(C)c1ncc(C(=O)NC2(c3ccccc3)CCCC2)cn1. The van der Waals surface area contributed by atoms with Crippen molar-refractivity contribution in [3.05, 3.63) is 53.9 Å². The minimum atomic E-state index is -0.265. The van der Waals surface area contributed by atoms with Crippen LogP contribution in [0.5, 0.6) is 0 Å². The van der Waals surface area contributed by atoms with Crippen LogP contribution in [0.25, 0.3) is 0 Å². The van der Waals surface area contributed by atoms with Gasteiger partial charge in [0.2, 0.25) is 5.95 Å². The monoisotopic (exact) mass is 310 g/mol. The van der Waals surface area contributed by atoms with Gasteiger partial charge in [0.1, 0.15) is 0 Å². The second kappa shape index (κ2) is 6.36. The number of carbonyl (C=O) groups excluding carboxylic acids is 1. The molecule has 0 aliphatic heterocycles. The Morgan fingerprint density at radius 3 is 2.26 bits per heavy atom. The summed E-state index contributed by atoms with van der Waals surface area (Å²) in [5, 5.41) is 3.24. The summed E-state index contributed by atoms with van der Waals surface area (Å²) in [6.45, 7) is 0. The Balaban J connectivity index is 1.82. The highest BCUT2D eigenvalue weighted by molar-refractivity contribution is 5.94. The number of anilines is 1. The first kappa shape index (κ1) is 15.5. The van der Waals surface area contributed by atoms with Gasteiger partial charge in [-0.3, -0.25) is 4.79 Å². The third-order valence-electron chi connectivity index (χ3n) is 4.44. The second-order valence-corrected chi connectivity index (χ2v) is 6.28. The number of benzene rings is 1. The third kappa shape index (κ3) is 3.18. The third-order valence-corrected chi connectivity index (χ3v) is 4.44. The van der Waals surface area contributed by atoms with Gasteiger partial charge in [0.25, 0.3) is 5.91 Å². The first-order chi connectivity index (χ1) is 11.1. The highest BCUT2D eigenvalue weighted by atomic mass is 16.1. The molecule has 0 saturated heterocycles. The average molecular weight is 310 g/mol. The number of nitrogens with one attached hydrogen (secondary N) is 1. The number of aromatic nitrogens is 2. The van der Waals surface area contributed by atoms with Gasteiger partial charge in [-0.05, 0) is 18.4 Å². The minimum Gasteiger partial charge on any atom is -0.347 e. The number of hydrogen-bond acceptors (Lipinski definition) is 4. The number of hydrogen-bond donors (Lipinski definition) is 1. The van der Waals surface area contributed by atoms with Crippen molar-refractivity contribution in [1.29, 1.82) is 0 Å². The first-order valence-electron chi connectivity index (χ1n) is 7.98. The summed E-state index contributed by atoms with van der Waals surface area (Å²) in [5.41, 5.74) is 1.41. The van der Waals surface area contributed by atoms with Gasteiger partial charge in [-0.25, -0.2) is 9.97 Å². The minimum absolute atomic E-state index is 0.110. The van der Waals surface area contributed by atoms with Crippen LogP contribution in [0.1, 0.15) is 41.6 Å². The molecule has 0 radical (unpaired) electrons. The van der Waals surface area contributed by atoms with Crippen molar-refractivity contribution < 1.29 is 4.79 Å². The lowest BCUT2D eigenvalue weighted by molar-refractivity contribution is 0.0897.